The fourth-order valence-electron chi connectivity index (χ4n) is 3.98. The van der Waals surface area contributed by atoms with E-state index in [-0.39, 0.29) is 18.0 Å². The van der Waals surface area contributed by atoms with Crippen molar-refractivity contribution in [3.63, 3.8) is 0 Å². The van der Waals surface area contributed by atoms with Crippen molar-refractivity contribution < 1.29 is 14.4 Å². The van der Waals surface area contributed by atoms with Gasteiger partial charge < -0.3 is 16.0 Å². The van der Waals surface area contributed by atoms with E-state index in [0.29, 0.717) is 22.5 Å². The molecular formula is C23H25N5O3. The first-order chi connectivity index (χ1) is 15.0. The topological polar surface area (TPSA) is 108 Å². The Balaban J connectivity index is 1.55. The highest BCUT2D eigenvalue weighted by atomic mass is 16.2. The maximum atomic E-state index is 12.9. The van der Waals surface area contributed by atoms with Crippen LogP contribution in [0.5, 0.6) is 0 Å². The van der Waals surface area contributed by atoms with E-state index >= 15 is 0 Å². The highest BCUT2D eigenvalue weighted by Crippen LogP contribution is 2.26. The molecule has 0 bridgehead atoms. The number of nitrogens with one attached hydrogen (secondary N) is 1. The van der Waals surface area contributed by atoms with Crippen LogP contribution in [0.15, 0.2) is 53.6 Å². The fraction of sp³-hybridized carbons (Fsp3) is 0.304. The molecule has 1 saturated heterocycles. The Kier molecular flexibility index (Phi) is 5.70. The van der Waals surface area contributed by atoms with Crippen LogP contribution in [0, 0.1) is 6.92 Å². The van der Waals surface area contributed by atoms with Crippen molar-refractivity contribution in [3.8, 4) is 0 Å². The Bertz CT molecular complexity index is 1040. The third-order valence-electron chi connectivity index (χ3n) is 5.73. The van der Waals surface area contributed by atoms with Gasteiger partial charge in [-0.25, -0.2) is 0 Å². The van der Waals surface area contributed by atoms with Gasteiger partial charge in [0.05, 0.1) is 5.69 Å². The Morgan fingerprint density at radius 3 is 2.42 bits per heavy atom. The predicted octanol–water partition coefficient (Wildman–Crippen LogP) is 2.29. The molecule has 2 aliphatic rings. The van der Waals surface area contributed by atoms with E-state index < -0.39 is 17.9 Å². The van der Waals surface area contributed by atoms with E-state index in [4.69, 9.17) is 5.73 Å². The Morgan fingerprint density at radius 1 is 1.03 bits per heavy atom. The zero-order valence-electron chi connectivity index (χ0n) is 17.4. The molecule has 3 amide bonds. The maximum Gasteiger partial charge on any atom is 0.271 e. The molecule has 2 heterocycles. The van der Waals surface area contributed by atoms with Gasteiger partial charge in [-0.1, -0.05) is 24.3 Å². The molecule has 1 fully saturated rings. The number of carbonyl (C=O) groups excluding carboxylic acids is 3. The Hall–Kier alpha value is -3.68. The number of benzene rings is 2. The average molecular weight is 419 g/mol. The lowest BCUT2D eigenvalue weighted by molar-refractivity contribution is -0.119. The zero-order valence-corrected chi connectivity index (χ0v) is 17.4. The smallest absolute Gasteiger partial charge is 0.271 e. The number of nitrogens with zero attached hydrogens (tertiary/aromatic N) is 3. The van der Waals surface area contributed by atoms with Gasteiger partial charge in [0.25, 0.3) is 11.8 Å². The number of primary amides is 1. The molecule has 3 N–H and O–H groups in total. The van der Waals surface area contributed by atoms with E-state index in [1.807, 2.05) is 30.0 Å². The lowest BCUT2D eigenvalue weighted by Gasteiger charge is -2.20. The summed E-state index contributed by atoms with van der Waals surface area (Å²) in [7, 11) is 0. The van der Waals surface area contributed by atoms with Crippen molar-refractivity contribution in [2.75, 3.05) is 23.4 Å². The minimum Gasteiger partial charge on any atom is -0.368 e. The number of nitrogens with two attached hydrogens (primary N) is 1. The molecule has 2 aliphatic heterocycles. The number of hydrazone groups is 1. The van der Waals surface area contributed by atoms with Crippen LogP contribution in [-0.4, -0.2) is 47.5 Å². The van der Waals surface area contributed by atoms with Gasteiger partial charge in [-0.3, -0.25) is 19.4 Å². The van der Waals surface area contributed by atoms with Crippen molar-refractivity contribution >= 4 is 34.8 Å². The number of rotatable bonds is 5. The number of anilines is 2. The summed E-state index contributed by atoms with van der Waals surface area (Å²) in [5.41, 5.74) is 8.28. The second kappa shape index (κ2) is 8.59. The molecule has 8 nitrogen and oxygen atoms in total. The third kappa shape index (κ3) is 4.14. The first-order valence-electron chi connectivity index (χ1n) is 10.4. The summed E-state index contributed by atoms with van der Waals surface area (Å²) in [5.74, 6) is -0.989. The summed E-state index contributed by atoms with van der Waals surface area (Å²) < 4.78 is 0. The molecule has 2 aromatic carbocycles. The second-order valence-electron chi connectivity index (χ2n) is 7.78. The predicted molar refractivity (Wildman–Crippen MR) is 119 cm³/mol. The van der Waals surface area contributed by atoms with Crippen molar-refractivity contribution in [1.29, 1.82) is 0 Å². The van der Waals surface area contributed by atoms with Gasteiger partial charge in [0.1, 0.15) is 11.8 Å². The van der Waals surface area contributed by atoms with Crippen LogP contribution in [0.3, 0.4) is 0 Å². The standard InChI is InChI=1S/C23H25N5O3/c1-15-17(23(31)27-12-5-6-13-27)10-7-11-18(15)25-22(30)19-14-20(21(24)29)28(26-19)16-8-3-2-4-9-16/h2-4,7-11,20H,5-6,12-14H2,1H3,(H2,24,29)(H,25,30). The third-order valence-corrected chi connectivity index (χ3v) is 5.73. The summed E-state index contributed by atoms with van der Waals surface area (Å²) >= 11 is 0. The van der Waals surface area contributed by atoms with Crippen LogP contribution in [-0.2, 0) is 9.59 Å². The lowest BCUT2D eigenvalue weighted by atomic mass is 10.0. The molecule has 0 aromatic heterocycles. The number of para-hydroxylation sites is 1. The highest BCUT2D eigenvalue weighted by Gasteiger charge is 2.35. The van der Waals surface area contributed by atoms with Crippen LogP contribution < -0.4 is 16.1 Å². The van der Waals surface area contributed by atoms with Gasteiger partial charge in [0.15, 0.2) is 0 Å². The minimum absolute atomic E-state index is 0.0200. The summed E-state index contributed by atoms with van der Waals surface area (Å²) in [6.07, 6.45) is 2.14. The molecule has 31 heavy (non-hydrogen) atoms. The van der Waals surface area contributed by atoms with Crippen molar-refractivity contribution in [3.05, 3.63) is 59.7 Å². The zero-order chi connectivity index (χ0) is 22.0. The van der Waals surface area contributed by atoms with E-state index in [1.165, 1.54) is 5.01 Å². The number of carbonyl (C=O) groups is 3. The minimum atomic E-state index is -0.729. The van der Waals surface area contributed by atoms with Crippen LogP contribution >= 0.6 is 0 Å². The number of likely N-dealkylation sites (tertiary alicyclic amines) is 1. The van der Waals surface area contributed by atoms with E-state index in [9.17, 15) is 14.4 Å². The van der Waals surface area contributed by atoms with E-state index in [1.54, 1.807) is 30.3 Å². The van der Waals surface area contributed by atoms with Crippen molar-refractivity contribution in [2.24, 2.45) is 10.8 Å². The first kappa shape index (κ1) is 20.6. The van der Waals surface area contributed by atoms with Gasteiger partial charge in [-0.2, -0.15) is 5.10 Å². The van der Waals surface area contributed by atoms with Crippen LogP contribution in [0.4, 0.5) is 11.4 Å². The summed E-state index contributed by atoms with van der Waals surface area (Å²) in [6.45, 7) is 3.34. The normalized spacial score (nSPS) is 18.1. The molecule has 0 aliphatic carbocycles. The Labute approximate surface area is 180 Å². The first-order valence-corrected chi connectivity index (χ1v) is 10.4. The molecule has 8 heteroatoms. The summed E-state index contributed by atoms with van der Waals surface area (Å²) in [5, 5.41) is 8.70. The van der Waals surface area contributed by atoms with E-state index in [2.05, 4.69) is 10.4 Å². The number of hydrogen-bond donors (Lipinski definition) is 2. The molecule has 0 spiro atoms. The fourth-order valence-corrected chi connectivity index (χ4v) is 3.98. The quantitative estimate of drug-likeness (QED) is 0.775. The second-order valence-corrected chi connectivity index (χ2v) is 7.78. The maximum absolute atomic E-state index is 12.9. The van der Waals surface area contributed by atoms with Gasteiger partial charge in [0, 0.05) is 30.8 Å². The number of amides is 3. The van der Waals surface area contributed by atoms with Crippen molar-refractivity contribution in [2.45, 2.75) is 32.2 Å². The molecule has 160 valence electrons. The molecule has 0 radical (unpaired) electrons. The van der Waals surface area contributed by atoms with E-state index in [0.717, 1.165) is 25.9 Å². The molecule has 4 rings (SSSR count). The molecule has 0 saturated carbocycles. The Morgan fingerprint density at radius 2 is 1.74 bits per heavy atom. The molecule has 1 atom stereocenters. The summed E-state index contributed by atoms with van der Waals surface area (Å²) in [6, 6.07) is 13.7. The average Bonchev–Trinajstić information content (AvgIpc) is 3.46. The monoisotopic (exact) mass is 419 g/mol. The summed E-state index contributed by atoms with van der Waals surface area (Å²) in [4.78, 5) is 39.5. The largest absolute Gasteiger partial charge is 0.368 e. The van der Waals surface area contributed by atoms with Gasteiger partial charge in [0.2, 0.25) is 5.91 Å². The number of hydrogen-bond acceptors (Lipinski definition) is 5. The molecule has 2 aromatic rings. The van der Waals surface area contributed by atoms with Crippen LogP contribution in [0.1, 0.15) is 35.2 Å². The van der Waals surface area contributed by atoms with Gasteiger partial charge in [-0.05, 0) is 49.6 Å². The van der Waals surface area contributed by atoms with Gasteiger partial charge in [-0.15, -0.1) is 0 Å². The van der Waals surface area contributed by atoms with Crippen molar-refractivity contribution in [1.82, 2.24) is 4.90 Å². The lowest BCUT2D eigenvalue weighted by Crippen LogP contribution is -2.39. The van der Waals surface area contributed by atoms with Crippen LogP contribution in [0.2, 0.25) is 0 Å². The molecule has 1 unspecified atom stereocenters. The van der Waals surface area contributed by atoms with Gasteiger partial charge >= 0.3 is 0 Å². The highest BCUT2D eigenvalue weighted by molar-refractivity contribution is 6.44. The SMILES string of the molecule is Cc1c(NC(=O)C2=NN(c3ccccc3)C(C(N)=O)C2)cccc1C(=O)N1CCCC1. The van der Waals surface area contributed by atoms with Crippen LogP contribution in [0.25, 0.3) is 0 Å². The molecular weight excluding hydrogens is 394 g/mol.